The number of nitrogens with one attached hydrogen (secondary N) is 1. The first kappa shape index (κ1) is 17.1. The Kier molecular flexibility index (Phi) is 4.78. The van der Waals surface area contributed by atoms with E-state index in [0.29, 0.717) is 11.3 Å². The summed E-state index contributed by atoms with van der Waals surface area (Å²) in [6.45, 7) is -0.140. The number of amides is 1. The molecule has 2 N–H and O–H groups in total. The maximum atomic E-state index is 11.9. The number of phenols is 1. The molecule has 6 nitrogen and oxygen atoms in total. The van der Waals surface area contributed by atoms with E-state index in [1.54, 1.807) is 24.3 Å². The second-order valence-electron chi connectivity index (χ2n) is 6.48. The van der Waals surface area contributed by atoms with E-state index in [2.05, 4.69) is 10.5 Å². The van der Waals surface area contributed by atoms with E-state index in [4.69, 9.17) is 9.15 Å². The molecule has 1 aliphatic carbocycles. The maximum Gasteiger partial charge on any atom is 0.277 e. The SMILES string of the molecule is O=C(COc1ccccc1)N/N=C/c1c(O)ccc2oc3c(c12)CCCC3. The van der Waals surface area contributed by atoms with Crippen LogP contribution in [0.4, 0.5) is 0 Å². The highest BCUT2D eigenvalue weighted by Gasteiger charge is 2.21. The van der Waals surface area contributed by atoms with E-state index in [1.165, 1.54) is 6.21 Å². The minimum absolute atomic E-state index is 0.107. The van der Waals surface area contributed by atoms with E-state index >= 15 is 0 Å². The van der Waals surface area contributed by atoms with E-state index in [0.717, 1.165) is 48.0 Å². The number of ether oxygens (including phenoxy) is 1. The molecule has 1 aliphatic rings. The Balaban J connectivity index is 1.48. The van der Waals surface area contributed by atoms with Gasteiger partial charge in [0.05, 0.1) is 6.21 Å². The monoisotopic (exact) mass is 364 g/mol. The van der Waals surface area contributed by atoms with Crippen molar-refractivity contribution in [1.82, 2.24) is 5.43 Å². The average Bonchev–Trinajstić information content (AvgIpc) is 3.08. The first-order valence-corrected chi connectivity index (χ1v) is 8.98. The molecule has 2 aromatic carbocycles. The summed E-state index contributed by atoms with van der Waals surface area (Å²) in [6.07, 6.45) is 5.50. The third-order valence-corrected chi connectivity index (χ3v) is 4.63. The van der Waals surface area contributed by atoms with E-state index in [9.17, 15) is 9.90 Å². The molecule has 0 unspecified atom stereocenters. The molecule has 0 aliphatic heterocycles. The molecule has 0 radical (unpaired) electrons. The Bertz CT molecular complexity index is 992. The van der Waals surface area contributed by atoms with Crippen molar-refractivity contribution in [1.29, 1.82) is 0 Å². The quantitative estimate of drug-likeness (QED) is 0.536. The maximum absolute atomic E-state index is 11.9. The van der Waals surface area contributed by atoms with Gasteiger partial charge in [0.1, 0.15) is 22.8 Å². The summed E-state index contributed by atoms with van der Waals surface area (Å²) in [5.74, 6) is 1.33. The van der Waals surface area contributed by atoms with Crippen LogP contribution in [0.25, 0.3) is 11.0 Å². The molecule has 0 bridgehead atoms. The molecule has 1 amide bonds. The molecule has 0 spiro atoms. The number of hydrazone groups is 1. The number of phenolic OH excluding ortho intramolecular Hbond substituents is 1. The third kappa shape index (κ3) is 3.65. The van der Waals surface area contributed by atoms with Crippen LogP contribution in [0.15, 0.2) is 52.0 Å². The van der Waals surface area contributed by atoms with Crippen LogP contribution < -0.4 is 10.2 Å². The number of para-hydroxylation sites is 1. The summed E-state index contributed by atoms with van der Waals surface area (Å²) in [6, 6.07) is 12.4. The van der Waals surface area contributed by atoms with Gasteiger partial charge in [-0.25, -0.2) is 5.43 Å². The lowest BCUT2D eigenvalue weighted by molar-refractivity contribution is -0.123. The highest BCUT2D eigenvalue weighted by Crippen LogP contribution is 2.36. The van der Waals surface area contributed by atoms with Gasteiger partial charge in [-0.15, -0.1) is 0 Å². The topological polar surface area (TPSA) is 84.1 Å². The van der Waals surface area contributed by atoms with Gasteiger partial charge < -0.3 is 14.3 Å². The third-order valence-electron chi connectivity index (χ3n) is 4.63. The fourth-order valence-electron chi connectivity index (χ4n) is 3.37. The Morgan fingerprint density at radius 2 is 2.00 bits per heavy atom. The molecular weight excluding hydrogens is 344 g/mol. The molecule has 0 atom stereocenters. The van der Waals surface area contributed by atoms with Crippen molar-refractivity contribution in [3.05, 3.63) is 59.4 Å². The van der Waals surface area contributed by atoms with Gasteiger partial charge in [0.25, 0.3) is 5.91 Å². The number of furan rings is 1. The van der Waals surface area contributed by atoms with E-state index in [1.807, 2.05) is 18.2 Å². The molecule has 1 heterocycles. The molecule has 27 heavy (non-hydrogen) atoms. The Morgan fingerprint density at radius 1 is 1.19 bits per heavy atom. The summed E-state index contributed by atoms with van der Waals surface area (Å²) < 4.78 is 11.3. The van der Waals surface area contributed by atoms with E-state index in [-0.39, 0.29) is 18.3 Å². The molecule has 0 saturated carbocycles. The van der Waals surface area contributed by atoms with Crippen LogP contribution in [-0.4, -0.2) is 23.8 Å². The first-order chi connectivity index (χ1) is 13.2. The van der Waals surface area contributed by atoms with Gasteiger partial charge in [-0.1, -0.05) is 18.2 Å². The molecule has 0 saturated heterocycles. The van der Waals surface area contributed by atoms with Crippen molar-refractivity contribution in [2.75, 3.05) is 6.61 Å². The lowest BCUT2D eigenvalue weighted by Crippen LogP contribution is -2.24. The van der Waals surface area contributed by atoms with Crippen LogP contribution in [0, 0.1) is 0 Å². The second-order valence-corrected chi connectivity index (χ2v) is 6.48. The van der Waals surface area contributed by atoms with Crippen molar-refractivity contribution >= 4 is 23.1 Å². The van der Waals surface area contributed by atoms with Gasteiger partial charge in [-0.3, -0.25) is 4.79 Å². The van der Waals surface area contributed by atoms with Gasteiger partial charge in [-0.2, -0.15) is 5.10 Å². The standard InChI is InChI=1S/C21H20N2O4/c24-17-10-11-19-21(15-8-4-5-9-18(15)27-19)16(17)12-22-23-20(25)13-26-14-6-2-1-3-7-14/h1-3,6-7,10-12,24H,4-5,8-9,13H2,(H,23,25)/b22-12+. The molecule has 0 fully saturated rings. The molecule has 3 aromatic rings. The molecule has 6 heteroatoms. The largest absolute Gasteiger partial charge is 0.507 e. The lowest BCUT2D eigenvalue weighted by Gasteiger charge is -2.09. The number of aryl methyl sites for hydroxylation is 2. The first-order valence-electron chi connectivity index (χ1n) is 8.98. The zero-order valence-corrected chi connectivity index (χ0v) is 14.8. The van der Waals surface area contributed by atoms with Gasteiger partial charge >= 0.3 is 0 Å². The van der Waals surface area contributed by atoms with Gasteiger partial charge in [-0.05, 0) is 43.5 Å². The van der Waals surface area contributed by atoms with Gasteiger partial charge in [0, 0.05) is 22.9 Å². The summed E-state index contributed by atoms with van der Waals surface area (Å²) in [5.41, 5.74) is 4.86. The predicted molar refractivity (Wildman–Crippen MR) is 102 cm³/mol. The van der Waals surface area contributed by atoms with Crippen LogP contribution >= 0.6 is 0 Å². The number of carbonyl (C=O) groups excluding carboxylic acids is 1. The molecular formula is C21H20N2O4. The van der Waals surface area contributed by atoms with E-state index < -0.39 is 0 Å². The smallest absolute Gasteiger partial charge is 0.277 e. The van der Waals surface area contributed by atoms with Crippen LogP contribution in [-0.2, 0) is 17.6 Å². The lowest BCUT2D eigenvalue weighted by atomic mass is 9.94. The summed E-state index contributed by atoms with van der Waals surface area (Å²) in [4.78, 5) is 11.9. The Hall–Kier alpha value is -3.28. The summed E-state index contributed by atoms with van der Waals surface area (Å²) in [7, 11) is 0. The van der Waals surface area contributed by atoms with Gasteiger partial charge in [0.2, 0.25) is 0 Å². The normalized spacial score (nSPS) is 13.6. The van der Waals surface area contributed by atoms with Crippen molar-refractivity contribution < 1.29 is 19.1 Å². The van der Waals surface area contributed by atoms with Crippen molar-refractivity contribution in [2.45, 2.75) is 25.7 Å². The zero-order chi connectivity index (χ0) is 18.6. The number of fused-ring (bicyclic) bond motifs is 3. The zero-order valence-electron chi connectivity index (χ0n) is 14.8. The number of aromatic hydroxyl groups is 1. The number of carbonyl (C=O) groups is 1. The van der Waals surface area contributed by atoms with Crippen LogP contribution in [0.3, 0.4) is 0 Å². The molecule has 138 valence electrons. The summed E-state index contributed by atoms with van der Waals surface area (Å²) in [5, 5.41) is 15.1. The average molecular weight is 364 g/mol. The fraction of sp³-hybridized carbons (Fsp3) is 0.238. The van der Waals surface area contributed by atoms with Crippen molar-refractivity contribution in [2.24, 2.45) is 5.10 Å². The number of hydrogen-bond acceptors (Lipinski definition) is 5. The number of hydrogen-bond donors (Lipinski definition) is 2. The minimum atomic E-state index is -0.379. The van der Waals surface area contributed by atoms with Crippen LogP contribution in [0.2, 0.25) is 0 Å². The molecule has 1 aromatic heterocycles. The van der Waals surface area contributed by atoms with Gasteiger partial charge in [0.15, 0.2) is 6.61 Å². The fourth-order valence-corrected chi connectivity index (χ4v) is 3.37. The minimum Gasteiger partial charge on any atom is -0.507 e. The highest BCUT2D eigenvalue weighted by molar-refractivity contribution is 6.03. The Labute approximate surface area is 156 Å². The number of benzene rings is 2. The predicted octanol–water partition coefficient (Wildman–Crippen LogP) is 3.55. The number of nitrogens with zero attached hydrogens (tertiary/aromatic N) is 1. The van der Waals surface area contributed by atoms with Crippen LogP contribution in [0.1, 0.15) is 29.7 Å². The second kappa shape index (κ2) is 7.53. The molecule has 4 rings (SSSR count). The van der Waals surface area contributed by atoms with Crippen molar-refractivity contribution in [3.8, 4) is 11.5 Å². The number of rotatable bonds is 5. The van der Waals surface area contributed by atoms with Crippen LogP contribution in [0.5, 0.6) is 11.5 Å². The highest BCUT2D eigenvalue weighted by atomic mass is 16.5. The van der Waals surface area contributed by atoms with Crippen molar-refractivity contribution in [3.63, 3.8) is 0 Å². The Morgan fingerprint density at radius 3 is 2.85 bits per heavy atom. The summed E-state index contributed by atoms with van der Waals surface area (Å²) >= 11 is 0.